The van der Waals surface area contributed by atoms with E-state index in [0.29, 0.717) is 25.1 Å². The third kappa shape index (κ3) is 5.18. The average Bonchev–Trinajstić information content (AvgIpc) is 2.29. The molecule has 0 unspecified atom stereocenters. The average molecular weight is 270 g/mol. The number of benzene rings is 1. The van der Waals surface area contributed by atoms with Crippen LogP contribution < -0.4 is 10.0 Å². The van der Waals surface area contributed by atoms with E-state index in [-0.39, 0.29) is 5.91 Å². The van der Waals surface area contributed by atoms with Crippen LogP contribution in [0.1, 0.15) is 18.9 Å². The predicted octanol–water partition coefficient (Wildman–Crippen LogP) is 1.13. The summed E-state index contributed by atoms with van der Waals surface area (Å²) in [5, 5.41) is 2.75. The number of para-hydroxylation sites is 1. The van der Waals surface area contributed by atoms with Crippen LogP contribution >= 0.6 is 0 Å². The fourth-order valence-electron chi connectivity index (χ4n) is 1.50. The van der Waals surface area contributed by atoms with Crippen LogP contribution in [-0.2, 0) is 21.2 Å². The van der Waals surface area contributed by atoms with Crippen LogP contribution in [0.25, 0.3) is 0 Å². The standard InChI is InChI=1S/C12H18N2O3S/c1-3-12(15)13-9-8-10-6-4-5-7-11(10)14-18(2,16)17/h4-7,14H,3,8-9H2,1-2H3,(H,13,15). The van der Waals surface area contributed by atoms with E-state index in [1.54, 1.807) is 19.1 Å². The fourth-order valence-corrected chi connectivity index (χ4v) is 2.10. The van der Waals surface area contributed by atoms with Gasteiger partial charge in [-0.2, -0.15) is 0 Å². The Morgan fingerprint density at radius 3 is 2.56 bits per heavy atom. The van der Waals surface area contributed by atoms with Gasteiger partial charge < -0.3 is 5.32 Å². The molecular weight excluding hydrogens is 252 g/mol. The van der Waals surface area contributed by atoms with E-state index in [1.165, 1.54) is 0 Å². The molecule has 1 amide bonds. The largest absolute Gasteiger partial charge is 0.356 e. The van der Waals surface area contributed by atoms with Crippen molar-refractivity contribution in [1.82, 2.24) is 5.32 Å². The van der Waals surface area contributed by atoms with Gasteiger partial charge in [0.25, 0.3) is 0 Å². The number of hydrogen-bond acceptors (Lipinski definition) is 3. The molecule has 0 aromatic heterocycles. The van der Waals surface area contributed by atoms with Crippen LogP contribution in [0.5, 0.6) is 0 Å². The summed E-state index contributed by atoms with van der Waals surface area (Å²) in [6, 6.07) is 7.15. The van der Waals surface area contributed by atoms with Crippen LogP contribution in [0, 0.1) is 0 Å². The summed E-state index contributed by atoms with van der Waals surface area (Å²) in [6.45, 7) is 2.28. The summed E-state index contributed by atoms with van der Waals surface area (Å²) in [7, 11) is -3.28. The maximum Gasteiger partial charge on any atom is 0.229 e. The van der Waals surface area contributed by atoms with Crippen molar-refractivity contribution < 1.29 is 13.2 Å². The molecule has 0 heterocycles. The second-order valence-corrected chi connectivity index (χ2v) is 5.73. The van der Waals surface area contributed by atoms with Gasteiger partial charge in [0.2, 0.25) is 15.9 Å². The number of rotatable bonds is 6. The summed E-state index contributed by atoms with van der Waals surface area (Å²) in [4.78, 5) is 11.1. The lowest BCUT2D eigenvalue weighted by Crippen LogP contribution is -2.25. The zero-order chi connectivity index (χ0) is 13.6. The van der Waals surface area contributed by atoms with Gasteiger partial charge in [-0.05, 0) is 18.1 Å². The number of sulfonamides is 1. The van der Waals surface area contributed by atoms with Crippen molar-refractivity contribution in [3.8, 4) is 0 Å². The van der Waals surface area contributed by atoms with Crippen LogP contribution in [0.3, 0.4) is 0 Å². The van der Waals surface area contributed by atoms with Crippen molar-refractivity contribution in [2.45, 2.75) is 19.8 Å². The summed E-state index contributed by atoms with van der Waals surface area (Å²) >= 11 is 0. The third-order valence-corrected chi connectivity index (χ3v) is 2.94. The number of carbonyl (C=O) groups excluding carboxylic acids is 1. The first kappa shape index (κ1) is 14.5. The minimum Gasteiger partial charge on any atom is -0.356 e. The molecule has 0 aliphatic carbocycles. The van der Waals surface area contributed by atoms with Crippen molar-refractivity contribution in [3.63, 3.8) is 0 Å². The van der Waals surface area contributed by atoms with Gasteiger partial charge in [-0.3, -0.25) is 9.52 Å². The lowest BCUT2D eigenvalue weighted by molar-refractivity contribution is -0.120. The second kappa shape index (κ2) is 6.39. The van der Waals surface area contributed by atoms with E-state index >= 15 is 0 Å². The molecule has 0 spiro atoms. The SMILES string of the molecule is CCC(=O)NCCc1ccccc1NS(C)(=O)=O. The summed E-state index contributed by atoms with van der Waals surface area (Å²) in [5.74, 6) is -0.0106. The van der Waals surface area contributed by atoms with Crippen molar-refractivity contribution in [2.24, 2.45) is 0 Å². The molecule has 2 N–H and O–H groups in total. The zero-order valence-electron chi connectivity index (χ0n) is 10.6. The van der Waals surface area contributed by atoms with Crippen LogP contribution in [0.15, 0.2) is 24.3 Å². The van der Waals surface area contributed by atoms with Crippen molar-refractivity contribution in [3.05, 3.63) is 29.8 Å². The third-order valence-electron chi connectivity index (χ3n) is 2.35. The molecule has 0 bridgehead atoms. The predicted molar refractivity (Wildman–Crippen MR) is 71.9 cm³/mol. The Bertz CT molecular complexity index is 512. The van der Waals surface area contributed by atoms with Gasteiger partial charge >= 0.3 is 0 Å². The van der Waals surface area contributed by atoms with E-state index in [2.05, 4.69) is 10.0 Å². The zero-order valence-corrected chi connectivity index (χ0v) is 11.4. The molecule has 18 heavy (non-hydrogen) atoms. The van der Waals surface area contributed by atoms with E-state index in [1.807, 2.05) is 12.1 Å². The lowest BCUT2D eigenvalue weighted by atomic mass is 10.1. The van der Waals surface area contributed by atoms with E-state index in [0.717, 1.165) is 11.8 Å². The lowest BCUT2D eigenvalue weighted by Gasteiger charge is -2.10. The highest BCUT2D eigenvalue weighted by Crippen LogP contribution is 2.16. The van der Waals surface area contributed by atoms with Gasteiger partial charge in [-0.1, -0.05) is 25.1 Å². The number of hydrogen-bond donors (Lipinski definition) is 2. The number of nitrogens with one attached hydrogen (secondary N) is 2. The minimum absolute atomic E-state index is 0.0106. The molecule has 0 aliphatic rings. The first-order chi connectivity index (χ1) is 8.42. The van der Waals surface area contributed by atoms with Crippen molar-refractivity contribution in [1.29, 1.82) is 0 Å². The summed E-state index contributed by atoms with van der Waals surface area (Å²) < 4.78 is 24.9. The van der Waals surface area contributed by atoms with Gasteiger partial charge in [-0.25, -0.2) is 8.42 Å². The normalized spacial score (nSPS) is 11.0. The van der Waals surface area contributed by atoms with Gasteiger partial charge in [-0.15, -0.1) is 0 Å². The molecular formula is C12H18N2O3S. The summed E-state index contributed by atoms with van der Waals surface area (Å²) in [6.07, 6.45) is 2.15. The molecule has 0 radical (unpaired) electrons. The molecule has 1 aromatic rings. The Hall–Kier alpha value is -1.56. The van der Waals surface area contributed by atoms with Crippen molar-refractivity contribution >= 4 is 21.6 Å². The Balaban J connectivity index is 2.68. The topological polar surface area (TPSA) is 75.3 Å². The first-order valence-electron chi connectivity index (χ1n) is 5.74. The monoisotopic (exact) mass is 270 g/mol. The minimum atomic E-state index is -3.28. The Morgan fingerprint density at radius 1 is 1.28 bits per heavy atom. The second-order valence-electron chi connectivity index (χ2n) is 3.98. The highest BCUT2D eigenvalue weighted by Gasteiger charge is 2.06. The number of anilines is 1. The maximum absolute atomic E-state index is 11.2. The molecule has 6 heteroatoms. The smallest absolute Gasteiger partial charge is 0.229 e. The Labute approximate surface area is 108 Å². The van der Waals surface area contributed by atoms with Gasteiger partial charge in [0.15, 0.2) is 0 Å². The van der Waals surface area contributed by atoms with Gasteiger partial charge in [0.1, 0.15) is 0 Å². The van der Waals surface area contributed by atoms with Gasteiger partial charge in [0, 0.05) is 13.0 Å². The molecule has 0 saturated heterocycles. The summed E-state index contributed by atoms with van der Waals surface area (Å²) in [5.41, 5.74) is 1.42. The van der Waals surface area contributed by atoms with Crippen molar-refractivity contribution in [2.75, 3.05) is 17.5 Å². The van der Waals surface area contributed by atoms with Gasteiger partial charge in [0.05, 0.1) is 11.9 Å². The molecule has 100 valence electrons. The highest BCUT2D eigenvalue weighted by molar-refractivity contribution is 7.92. The molecule has 0 aliphatic heterocycles. The molecule has 0 atom stereocenters. The highest BCUT2D eigenvalue weighted by atomic mass is 32.2. The number of amides is 1. The van der Waals surface area contributed by atoms with E-state index in [4.69, 9.17) is 0 Å². The number of carbonyl (C=O) groups is 1. The van der Waals surface area contributed by atoms with E-state index in [9.17, 15) is 13.2 Å². The van der Waals surface area contributed by atoms with Crippen LogP contribution in [-0.4, -0.2) is 27.1 Å². The maximum atomic E-state index is 11.2. The Kier molecular flexibility index (Phi) is 5.15. The first-order valence-corrected chi connectivity index (χ1v) is 7.64. The molecule has 1 rings (SSSR count). The molecule has 1 aromatic carbocycles. The Morgan fingerprint density at radius 2 is 1.94 bits per heavy atom. The molecule has 5 nitrogen and oxygen atoms in total. The molecule has 0 saturated carbocycles. The van der Waals surface area contributed by atoms with Crippen LogP contribution in [0.4, 0.5) is 5.69 Å². The fraction of sp³-hybridized carbons (Fsp3) is 0.417. The quantitative estimate of drug-likeness (QED) is 0.813. The van der Waals surface area contributed by atoms with E-state index < -0.39 is 10.0 Å². The van der Waals surface area contributed by atoms with Crippen LogP contribution in [0.2, 0.25) is 0 Å². The molecule has 0 fully saturated rings.